The molecule has 3 N–H and O–H groups in total. The van der Waals surface area contributed by atoms with Crippen LogP contribution in [0.5, 0.6) is 0 Å². The lowest BCUT2D eigenvalue weighted by atomic mass is 10.2. The SMILES string of the molecule is CCOC(=O)C(N)CC(=O)NC=O. The molecule has 13 heavy (non-hydrogen) atoms. The average molecular weight is 188 g/mol. The van der Waals surface area contributed by atoms with Crippen molar-refractivity contribution in [3.05, 3.63) is 0 Å². The molecule has 0 heterocycles. The molecule has 0 aromatic heterocycles. The fourth-order valence-electron chi connectivity index (χ4n) is 0.657. The monoisotopic (exact) mass is 188 g/mol. The number of amides is 2. The first-order valence-electron chi connectivity index (χ1n) is 3.77. The number of hydrogen-bond acceptors (Lipinski definition) is 5. The molecule has 1 atom stereocenters. The summed E-state index contributed by atoms with van der Waals surface area (Å²) in [5, 5.41) is 1.87. The van der Waals surface area contributed by atoms with Crippen LogP contribution in [0.1, 0.15) is 13.3 Å². The van der Waals surface area contributed by atoms with E-state index in [0.717, 1.165) is 0 Å². The van der Waals surface area contributed by atoms with Gasteiger partial charge in [-0.25, -0.2) is 0 Å². The number of carbonyl (C=O) groups excluding carboxylic acids is 3. The van der Waals surface area contributed by atoms with Crippen LogP contribution in [0.2, 0.25) is 0 Å². The maximum atomic E-state index is 10.9. The summed E-state index contributed by atoms with van der Waals surface area (Å²) < 4.78 is 4.55. The Balaban J connectivity index is 3.84. The third-order valence-electron chi connectivity index (χ3n) is 1.21. The Hall–Kier alpha value is -1.43. The lowest BCUT2D eigenvalue weighted by Crippen LogP contribution is -2.37. The van der Waals surface area contributed by atoms with Gasteiger partial charge in [-0.3, -0.25) is 19.7 Å². The van der Waals surface area contributed by atoms with Gasteiger partial charge in [0.15, 0.2) is 0 Å². The van der Waals surface area contributed by atoms with Gasteiger partial charge < -0.3 is 10.5 Å². The highest BCUT2D eigenvalue weighted by atomic mass is 16.5. The van der Waals surface area contributed by atoms with E-state index in [0.29, 0.717) is 0 Å². The summed E-state index contributed by atoms with van der Waals surface area (Å²) in [6, 6.07) is -1.01. The van der Waals surface area contributed by atoms with Gasteiger partial charge in [0.1, 0.15) is 6.04 Å². The van der Waals surface area contributed by atoms with E-state index < -0.39 is 17.9 Å². The molecule has 0 rings (SSSR count). The molecular formula is C7H12N2O4. The Morgan fingerprint density at radius 3 is 2.69 bits per heavy atom. The number of esters is 1. The summed E-state index contributed by atoms with van der Waals surface area (Å²) in [7, 11) is 0. The molecule has 0 aromatic carbocycles. The Labute approximate surface area is 75.4 Å². The summed E-state index contributed by atoms with van der Waals surface area (Å²) >= 11 is 0. The van der Waals surface area contributed by atoms with E-state index in [1.54, 1.807) is 6.92 Å². The normalized spacial score (nSPS) is 11.5. The summed E-state index contributed by atoms with van der Waals surface area (Å²) in [4.78, 5) is 31.4. The second-order valence-corrected chi connectivity index (χ2v) is 2.25. The van der Waals surface area contributed by atoms with E-state index in [2.05, 4.69) is 4.74 Å². The van der Waals surface area contributed by atoms with Crippen LogP contribution in [-0.4, -0.2) is 30.9 Å². The molecule has 0 saturated heterocycles. The van der Waals surface area contributed by atoms with Crippen molar-refractivity contribution in [3.8, 4) is 0 Å². The number of nitrogens with one attached hydrogen (secondary N) is 1. The van der Waals surface area contributed by atoms with Gasteiger partial charge in [0, 0.05) is 0 Å². The fourth-order valence-corrected chi connectivity index (χ4v) is 0.657. The molecule has 0 aliphatic heterocycles. The zero-order chi connectivity index (χ0) is 10.3. The van der Waals surface area contributed by atoms with Crippen molar-refractivity contribution in [2.24, 2.45) is 5.73 Å². The first-order valence-corrected chi connectivity index (χ1v) is 3.77. The molecule has 0 bridgehead atoms. The average Bonchev–Trinajstić information content (AvgIpc) is 2.05. The lowest BCUT2D eigenvalue weighted by Gasteiger charge is -2.08. The Morgan fingerprint density at radius 1 is 1.62 bits per heavy atom. The predicted octanol–water partition coefficient (Wildman–Crippen LogP) is -1.46. The standard InChI is InChI=1S/C7H12N2O4/c1-2-13-7(12)5(8)3-6(11)9-4-10/h4-5H,2-3,8H2,1H3,(H,9,10,11). The molecule has 0 aliphatic carbocycles. The molecule has 0 saturated carbocycles. The topological polar surface area (TPSA) is 98.5 Å². The lowest BCUT2D eigenvalue weighted by molar-refractivity contribution is -0.146. The molecule has 2 amide bonds. The van der Waals surface area contributed by atoms with Crippen LogP contribution < -0.4 is 11.1 Å². The van der Waals surface area contributed by atoms with E-state index in [-0.39, 0.29) is 19.4 Å². The number of nitrogens with two attached hydrogens (primary N) is 1. The van der Waals surface area contributed by atoms with Crippen molar-refractivity contribution in [2.45, 2.75) is 19.4 Å². The smallest absolute Gasteiger partial charge is 0.323 e. The molecule has 1 unspecified atom stereocenters. The van der Waals surface area contributed by atoms with Crippen LogP contribution in [0.15, 0.2) is 0 Å². The van der Waals surface area contributed by atoms with Gasteiger partial charge in [0.25, 0.3) is 0 Å². The van der Waals surface area contributed by atoms with Crippen molar-refractivity contribution < 1.29 is 19.1 Å². The molecular weight excluding hydrogens is 176 g/mol. The van der Waals surface area contributed by atoms with Crippen molar-refractivity contribution >= 4 is 18.3 Å². The second-order valence-electron chi connectivity index (χ2n) is 2.25. The first kappa shape index (κ1) is 11.6. The number of imide groups is 1. The fraction of sp³-hybridized carbons (Fsp3) is 0.571. The maximum Gasteiger partial charge on any atom is 0.323 e. The highest BCUT2D eigenvalue weighted by molar-refractivity contribution is 5.90. The minimum Gasteiger partial charge on any atom is -0.465 e. The van der Waals surface area contributed by atoms with Crippen molar-refractivity contribution in [2.75, 3.05) is 6.61 Å². The minimum atomic E-state index is -1.01. The van der Waals surface area contributed by atoms with E-state index in [1.165, 1.54) is 0 Å². The van der Waals surface area contributed by atoms with Crippen LogP contribution in [0, 0.1) is 0 Å². The van der Waals surface area contributed by atoms with E-state index >= 15 is 0 Å². The third-order valence-corrected chi connectivity index (χ3v) is 1.21. The zero-order valence-electron chi connectivity index (χ0n) is 7.28. The van der Waals surface area contributed by atoms with Crippen LogP contribution >= 0.6 is 0 Å². The first-order chi connectivity index (χ1) is 6.11. The third kappa shape index (κ3) is 4.91. The van der Waals surface area contributed by atoms with Crippen LogP contribution in [-0.2, 0) is 19.1 Å². The largest absolute Gasteiger partial charge is 0.465 e. The summed E-state index contributed by atoms with van der Waals surface area (Å²) in [6.45, 7) is 1.85. The van der Waals surface area contributed by atoms with E-state index in [4.69, 9.17) is 5.73 Å². The second kappa shape index (κ2) is 6.13. The number of hydrogen-bond donors (Lipinski definition) is 2. The van der Waals surface area contributed by atoms with E-state index in [1.807, 2.05) is 5.32 Å². The van der Waals surface area contributed by atoms with Crippen molar-refractivity contribution in [3.63, 3.8) is 0 Å². The van der Waals surface area contributed by atoms with Gasteiger partial charge >= 0.3 is 5.97 Å². The number of ether oxygens (including phenoxy) is 1. The molecule has 0 fully saturated rings. The molecule has 6 heteroatoms. The van der Waals surface area contributed by atoms with Crippen LogP contribution in [0.25, 0.3) is 0 Å². The van der Waals surface area contributed by atoms with E-state index in [9.17, 15) is 14.4 Å². The molecule has 0 radical (unpaired) electrons. The Morgan fingerprint density at radius 2 is 2.23 bits per heavy atom. The van der Waals surface area contributed by atoms with Crippen LogP contribution in [0.4, 0.5) is 0 Å². The zero-order valence-corrected chi connectivity index (χ0v) is 7.28. The van der Waals surface area contributed by atoms with Gasteiger partial charge in [-0.15, -0.1) is 0 Å². The molecule has 0 spiro atoms. The van der Waals surface area contributed by atoms with Gasteiger partial charge in [-0.1, -0.05) is 0 Å². The van der Waals surface area contributed by atoms with Gasteiger partial charge in [0.2, 0.25) is 12.3 Å². The molecule has 74 valence electrons. The van der Waals surface area contributed by atoms with Gasteiger partial charge in [0.05, 0.1) is 13.0 Å². The summed E-state index contributed by atoms with van der Waals surface area (Å²) in [5.74, 6) is -1.25. The maximum absolute atomic E-state index is 10.9. The highest BCUT2D eigenvalue weighted by Crippen LogP contribution is 1.91. The Kier molecular flexibility index (Phi) is 5.45. The quantitative estimate of drug-likeness (QED) is 0.406. The van der Waals surface area contributed by atoms with Gasteiger partial charge in [-0.2, -0.15) is 0 Å². The Bertz CT molecular complexity index is 205. The molecule has 0 aliphatic rings. The van der Waals surface area contributed by atoms with Crippen molar-refractivity contribution in [1.29, 1.82) is 0 Å². The molecule has 6 nitrogen and oxygen atoms in total. The number of carbonyl (C=O) groups is 3. The van der Waals surface area contributed by atoms with Gasteiger partial charge in [-0.05, 0) is 6.92 Å². The number of rotatable bonds is 5. The van der Waals surface area contributed by atoms with Crippen molar-refractivity contribution in [1.82, 2.24) is 5.32 Å². The summed E-state index contributed by atoms with van der Waals surface area (Å²) in [6.07, 6.45) is -0.0161. The minimum absolute atomic E-state index is 0.210. The van der Waals surface area contributed by atoms with Crippen LogP contribution in [0.3, 0.4) is 0 Å². The highest BCUT2D eigenvalue weighted by Gasteiger charge is 2.17. The summed E-state index contributed by atoms with van der Waals surface area (Å²) in [5.41, 5.74) is 5.28. The predicted molar refractivity (Wildman–Crippen MR) is 43.4 cm³/mol. The molecule has 0 aromatic rings.